The van der Waals surface area contributed by atoms with Crippen LogP contribution in [0.15, 0.2) is 30.5 Å². The van der Waals surface area contributed by atoms with Crippen LogP contribution in [0.4, 0.5) is 0 Å². The van der Waals surface area contributed by atoms with Crippen molar-refractivity contribution in [1.29, 1.82) is 0 Å². The second kappa shape index (κ2) is 7.95. The van der Waals surface area contributed by atoms with Crippen molar-refractivity contribution < 1.29 is 4.74 Å². The van der Waals surface area contributed by atoms with Gasteiger partial charge in [-0.05, 0) is 68.1 Å². The van der Waals surface area contributed by atoms with Gasteiger partial charge in [0.1, 0.15) is 0 Å². The van der Waals surface area contributed by atoms with Crippen LogP contribution in [0.2, 0.25) is 0 Å². The molecule has 0 unspecified atom stereocenters. The number of ether oxygens (including phenoxy) is 1. The van der Waals surface area contributed by atoms with Crippen LogP contribution < -0.4 is 0 Å². The summed E-state index contributed by atoms with van der Waals surface area (Å²) in [7, 11) is 3.99. The molecule has 1 saturated heterocycles. The molecule has 0 radical (unpaired) electrons. The first-order valence-corrected chi connectivity index (χ1v) is 9.95. The molecule has 1 aromatic carbocycles. The zero-order valence-corrected chi connectivity index (χ0v) is 16.1. The highest BCUT2D eigenvalue weighted by Gasteiger charge is 2.25. The Balaban J connectivity index is 1.55. The lowest BCUT2D eigenvalue weighted by molar-refractivity contribution is 0.141. The normalized spacial score (nSPS) is 22.2. The minimum atomic E-state index is 0.648. The van der Waals surface area contributed by atoms with Gasteiger partial charge in [-0.1, -0.05) is 12.1 Å². The number of likely N-dealkylation sites (N-methyl/N-ethyl adjacent to an activating group) is 1. The summed E-state index contributed by atoms with van der Waals surface area (Å²) in [6, 6.07) is 7.59. The first-order chi connectivity index (χ1) is 12.7. The van der Waals surface area contributed by atoms with Gasteiger partial charge in [0.2, 0.25) is 0 Å². The third-order valence-electron chi connectivity index (χ3n) is 6.09. The molecule has 1 fully saturated rings. The Morgan fingerprint density at radius 1 is 1.27 bits per heavy atom. The molecular weight excluding hydrogens is 322 g/mol. The van der Waals surface area contributed by atoms with Crippen molar-refractivity contribution in [2.45, 2.75) is 31.7 Å². The summed E-state index contributed by atoms with van der Waals surface area (Å²) in [4.78, 5) is 8.46. The minimum Gasteiger partial charge on any atom is -0.383 e. The van der Waals surface area contributed by atoms with Crippen LogP contribution in [-0.2, 0) is 11.2 Å². The monoisotopic (exact) mass is 353 g/mol. The maximum Gasteiger partial charge on any atom is 0.0589 e. The maximum absolute atomic E-state index is 5.29. The third kappa shape index (κ3) is 3.73. The Bertz CT molecular complexity index is 779. The molecule has 0 amide bonds. The molecule has 26 heavy (non-hydrogen) atoms. The SMILES string of the molecule is COCCN1CCC[C@@H]1Cc1c[nH]c2ccc(C3=CCN(C)CC3)cc12. The fourth-order valence-electron chi connectivity index (χ4n) is 4.46. The first kappa shape index (κ1) is 17.8. The standard InChI is InChI=1S/C22H31N3O/c1-24-10-7-17(8-11-24)18-5-6-22-21(15-18)19(16-23-22)14-20-4-3-9-25(20)12-13-26-2/h5-7,15-16,20,23H,3-4,8-14H2,1-2H3/t20-/m1/s1. The van der Waals surface area contributed by atoms with Gasteiger partial charge in [0.15, 0.2) is 0 Å². The number of rotatable bonds is 6. The summed E-state index contributed by atoms with van der Waals surface area (Å²) >= 11 is 0. The number of likely N-dealkylation sites (tertiary alicyclic amines) is 1. The van der Waals surface area contributed by atoms with E-state index in [9.17, 15) is 0 Å². The Morgan fingerprint density at radius 3 is 3.00 bits per heavy atom. The van der Waals surface area contributed by atoms with Crippen molar-refractivity contribution >= 4 is 16.5 Å². The molecule has 0 bridgehead atoms. The van der Waals surface area contributed by atoms with Crippen molar-refractivity contribution in [3.8, 4) is 0 Å². The maximum atomic E-state index is 5.29. The molecule has 4 rings (SSSR count). The van der Waals surface area contributed by atoms with Gasteiger partial charge >= 0.3 is 0 Å². The van der Waals surface area contributed by atoms with Crippen molar-refractivity contribution in [2.24, 2.45) is 0 Å². The fraction of sp³-hybridized carbons (Fsp3) is 0.545. The van der Waals surface area contributed by atoms with E-state index < -0.39 is 0 Å². The molecule has 1 N–H and O–H groups in total. The third-order valence-corrected chi connectivity index (χ3v) is 6.09. The molecule has 140 valence electrons. The van der Waals surface area contributed by atoms with Gasteiger partial charge in [0.25, 0.3) is 0 Å². The van der Waals surface area contributed by atoms with Gasteiger partial charge in [-0.2, -0.15) is 0 Å². The number of H-pyrrole nitrogens is 1. The van der Waals surface area contributed by atoms with E-state index in [0.717, 1.165) is 39.1 Å². The van der Waals surface area contributed by atoms with Gasteiger partial charge in [-0.25, -0.2) is 0 Å². The number of fused-ring (bicyclic) bond motifs is 1. The van der Waals surface area contributed by atoms with Crippen LogP contribution in [0.3, 0.4) is 0 Å². The summed E-state index contributed by atoms with van der Waals surface area (Å²) in [6.07, 6.45) is 9.50. The van der Waals surface area contributed by atoms with Gasteiger partial charge in [-0.3, -0.25) is 4.90 Å². The van der Waals surface area contributed by atoms with Gasteiger partial charge in [-0.15, -0.1) is 0 Å². The molecule has 0 spiro atoms. The number of hydrogen-bond donors (Lipinski definition) is 1. The van der Waals surface area contributed by atoms with E-state index in [2.05, 4.69) is 52.3 Å². The smallest absolute Gasteiger partial charge is 0.0589 e. The lowest BCUT2D eigenvalue weighted by atomic mass is 9.96. The van der Waals surface area contributed by atoms with Gasteiger partial charge in [0.05, 0.1) is 6.61 Å². The molecule has 4 heteroatoms. The van der Waals surface area contributed by atoms with Crippen LogP contribution in [0, 0.1) is 0 Å². The highest BCUT2D eigenvalue weighted by Crippen LogP contribution is 2.29. The number of nitrogens with zero attached hydrogens (tertiary/aromatic N) is 2. The largest absolute Gasteiger partial charge is 0.383 e. The summed E-state index contributed by atoms with van der Waals surface area (Å²) in [5.41, 5.74) is 5.62. The van der Waals surface area contributed by atoms with Crippen LogP contribution in [-0.4, -0.2) is 67.8 Å². The summed E-state index contributed by atoms with van der Waals surface area (Å²) in [6.45, 7) is 5.30. The average Bonchev–Trinajstić information content (AvgIpc) is 3.27. The number of aromatic amines is 1. The Hall–Kier alpha value is -1.62. The highest BCUT2D eigenvalue weighted by molar-refractivity contribution is 5.87. The Labute approximate surface area is 156 Å². The minimum absolute atomic E-state index is 0.648. The van der Waals surface area contributed by atoms with Crippen LogP contribution in [0.5, 0.6) is 0 Å². The zero-order valence-electron chi connectivity index (χ0n) is 16.1. The van der Waals surface area contributed by atoms with E-state index in [1.54, 1.807) is 7.11 Å². The fourth-order valence-corrected chi connectivity index (χ4v) is 4.46. The summed E-state index contributed by atoms with van der Waals surface area (Å²) in [5.74, 6) is 0. The predicted octanol–water partition coefficient (Wildman–Crippen LogP) is 3.54. The molecule has 2 aliphatic rings. The predicted molar refractivity (Wildman–Crippen MR) is 109 cm³/mol. The van der Waals surface area contributed by atoms with E-state index in [-0.39, 0.29) is 0 Å². The number of nitrogens with one attached hydrogen (secondary N) is 1. The summed E-state index contributed by atoms with van der Waals surface area (Å²) in [5, 5.41) is 1.40. The molecule has 3 heterocycles. The lowest BCUT2D eigenvalue weighted by Gasteiger charge is -2.24. The lowest BCUT2D eigenvalue weighted by Crippen LogP contribution is -2.33. The van der Waals surface area contributed by atoms with E-state index in [0.29, 0.717) is 6.04 Å². The topological polar surface area (TPSA) is 31.5 Å². The van der Waals surface area contributed by atoms with Crippen LogP contribution in [0.25, 0.3) is 16.5 Å². The highest BCUT2D eigenvalue weighted by atomic mass is 16.5. The van der Waals surface area contributed by atoms with E-state index in [1.165, 1.54) is 47.0 Å². The summed E-state index contributed by atoms with van der Waals surface area (Å²) < 4.78 is 5.29. The van der Waals surface area contributed by atoms with Crippen molar-refractivity contribution in [1.82, 2.24) is 14.8 Å². The second-order valence-corrected chi connectivity index (χ2v) is 7.84. The molecule has 4 nitrogen and oxygen atoms in total. The first-order valence-electron chi connectivity index (χ1n) is 9.95. The second-order valence-electron chi connectivity index (χ2n) is 7.84. The zero-order chi connectivity index (χ0) is 17.9. The van der Waals surface area contributed by atoms with E-state index in [1.807, 2.05) is 0 Å². The molecule has 0 saturated carbocycles. The van der Waals surface area contributed by atoms with Crippen molar-refractivity contribution in [3.63, 3.8) is 0 Å². The number of aromatic nitrogens is 1. The molecule has 1 aromatic heterocycles. The Morgan fingerprint density at radius 2 is 2.19 bits per heavy atom. The van der Waals surface area contributed by atoms with E-state index >= 15 is 0 Å². The molecular formula is C22H31N3O. The van der Waals surface area contributed by atoms with E-state index in [4.69, 9.17) is 4.74 Å². The molecule has 0 aliphatic carbocycles. The molecule has 1 atom stereocenters. The van der Waals surface area contributed by atoms with Gasteiger partial charge in [0, 0.05) is 49.9 Å². The molecule has 2 aromatic rings. The number of hydrogen-bond acceptors (Lipinski definition) is 3. The van der Waals surface area contributed by atoms with Crippen molar-refractivity contribution in [2.75, 3.05) is 46.9 Å². The number of benzene rings is 1. The molecule has 2 aliphatic heterocycles. The van der Waals surface area contributed by atoms with Crippen molar-refractivity contribution in [3.05, 3.63) is 41.6 Å². The van der Waals surface area contributed by atoms with Crippen LogP contribution in [0.1, 0.15) is 30.4 Å². The quantitative estimate of drug-likeness (QED) is 0.862. The number of methoxy groups -OCH3 is 1. The average molecular weight is 354 g/mol. The van der Waals surface area contributed by atoms with Crippen LogP contribution >= 0.6 is 0 Å². The van der Waals surface area contributed by atoms with Gasteiger partial charge < -0.3 is 14.6 Å². The Kier molecular flexibility index (Phi) is 5.44.